The molecule has 0 heterocycles. The number of hydrogen-bond acceptors (Lipinski definition) is 2. The highest BCUT2D eigenvalue weighted by atomic mass is 16.5. The Balaban J connectivity index is 1.33. The summed E-state index contributed by atoms with van der Waals surface area (Å²) in [4.78, 5) is 4.77. The van der Waals surface area contributed by atoms with Crippen molar-refractivity contribution < 1.29 is 4.74 Å². The molecule has 2 heteroatoms. The van der Waals surface area contributed by atoms with Crippen LogP contribution in [0.25, 0.3) is 10.8 Å². The Morgan fingerprint density at radius 1 is 0.750 bits per heavy atom. The van der Waals surface area contributed by atoms with E-state index in [1.807, 2.05) is 48.7 Å². The third-order valence-corrected chi connectivity index (χ3v) is 5.34. The van der Waals surface area contributed by atoms with Gasteiger partial charge in [-0.15, -0.1) is 0 Å². The van der Waals surface area contributed by atoms with E-state index in [1.54, 1.807) is 0 Å². The number of aryl methyl sites for hydroxylation is 2. The monoisotopic (exact) mass is 363 g/mol. The first-order valence-electron chi connectivity index (χ1n) is 9.71. The molecule has 0 fully saturated rings. The highest BCUT2D eigenvalue weighted by Crippen LogP contribution is 2.36. The minimum Gasteiger partial charge on any atom is -0.489 e. The van der Waals surface area contributed by atoms with Gasteiger partial charge in [0.15, 0.2) is 0 Å². The van der Waals surface area contributed by atoms with Crippen LogP contribution in [0.5, 0.6) is 5.75 Å². The molecule has 0 atom stereocenters. The topological polar surface area (TPSA) is 21.6 Å². The van der Waals surface area contributed by atoms with Crippen LogP contribution in [0.4, 0.5) is 5.69 Å². The molecule has 0 saturated carbocycles. The summed E-state index contributed by atoms with van der Waals surface area (Å²) in [5, 5.41) is 2.66. The Morgan fingerprint density at radius 2 is 1.54 bits per heavy atom. The maximum absolute atomic E-state index is 5.86. The summed E-state index contributed by atoms with van der Waals surface area (Å²) >= 11 is 0. The molecule has 28 heavy (non-hydrogen) atoms. The van der Waals surface area contributed by atoms with Crippen molar-refractivity contribution in [2.45, 2.75) is 19.4 Å². The van der Waals surface area contributed by atoms with Crippen molar-refractivity contribution in [2.75, 3.05) is 0 Å². The van der Waals surface area contributed by atoms with Gasteiger partial charge in [-0.05, 0) is 70.8 Å². The lowest BCUT2D eigenvalue weighted by Gasteiger charge is -2.07. The molecule has 0 aromatic heterocycles. The smallest absolute Gasteiger partial charge is 0.119 e. The van der Waals surface area contributed by atoms with Crippen molar-refractivity contribution in [3.05, 3.63) is 107 Å². The Labute approximate surface area is 165 Å². The van der Waals surface area contributed by atoms with Crippen molar-refractivity contribution in [1.82, 2.24) is 0 Å². The van der Waals surface area contributed by atoms with E-state index in [4.69, 9.17) is 9.73 Å². The van der Waals surface area contributed by atoms with Gasteiger partial charge in [-0.2, -0.15) is 0 Å². The first-order valence-corrected chi connectivity index (χ1v) is 9.71. The summed E-state index contributed by atoms with van der Waals surface area (Å²) in [7, 11) is 0. The van der Waals surface area contributed by atoms with Gasteiger partial charge in [-0.25, -0.2) is 0 Å². The molecule has 0 radical (unpaired) electrons. The summed E-state index contributed by atoms with van der Waals surface area (Å²) < 4.78 is 5.86. The van der Waals surface area contributed by atoms with Gasteiger partial charge in [-0.1, -0.05) is 54.6 Å². The quantitative estimate of drug-likeness (QED) is 0.383. The number of hydrogen-bond donors (Lipinski definition) is 0. The van der Waals surface area contributed by atoms with Gasteiger partial charge in [0, 0.05) is 11.6 Å². The van der Waals surface area contributed by atoms with Crippen molar-refractivity contribution in [3.63, 3.8) is 0 Å². The summed E-state index contributed by atoms with van der Waals surface area (Å²) in [6, 6.07) is 29.2. The zero-order chi connectivity index (χ0) is 18.8. The minimum atomic E-state index is 0.578. The highest BCUT2D eigenvalue weighted by molar-refractivity contribution is 6.00. The second kappa shape index (κ2) is 7.32. The van der Waals surface area contributed by atoms with Crippen LogP contribution in [0, 0.1) is 0 Å². The van der Waals surface area contributed by atoms with E-state index >= 15 is 0 Å². The van der Waals surface area contributed by atoms with Crippen LogP contribution in [0.15, 0.2) is 89.9 Å². The Bertz CT molecular complexity index is 1130. The van der Waals surface area contributed by atoms with Gasteiger partial charge < -0.3 is 4.74 Å². The van der Waals surface area contributed by atoms with Crippen molar-refractivity contribution in [2.24, 2.45) is 4.99 Å². The first kappa shape index (κ1) is 16.8. The van der Waals surface area contributed by atoms with Crippen LogP contribution in [-0.2, 0) is 19.4 Å². The van der Waals surface area contributed by atoms with E-state index in [0.29, 0.717) is 6.61 Å². The molecule has 1 aliphatic carbocycles. The third kappa shape index (κ3) is 3.29. The van der Waals surface area contributed by atoms with Crippen LogP contribution in [0.1, 0.15) is 22.3 Å². The van der Waals surface area contributed by atoms with E-state index < -0.39 is 0 Å². The highest BCUT2D eigenvalue weighted by Gasteiger charge is 2.15. The van der Waals surface area contributed by atoms with Gasteiger partial charge >= 0.3 is 0 Å². The largest absolute Gasteiger partial charge is 0.489 e. The fourth-order valence-corrected chi connectivity index (χ4v) is 3.88. The summed E-state index contributed by atoms with van der Waals surface area (Å²) in [5.74, 6) is 0.867. The standard InChI is InChI=1S/C26H21NO/c1-2-5-20(6-3-1)18-28-23-14-9-19(10-15-23)17-27-25-16-13-22-12-11-21-7-4-8-24(25)26(21)22/h1-10,13-17H,11-12,18H2. The van der Waals surface area contributed by atoms with Crippen LogP contribution >= 0.6 is 0 Å². The lowest BCUT2D eigenvalue weighted by molar-refractivity contribution is 0.306. The SMILES string of the molecule is C(=Nc1ccc2c3c(cccc13)CC2)c1ccc(OCc2ccccc2)cc1. The lowest BCUT2D eigenvalue weighted by atomic mass is 10.0. The van der Waals surface area contributed by atoms with Gasteiger partial charge in [0.2, 0.25) is 0 Å². The van der Waals surface area contributed by atoms with Crippen molar-refractivity contribution >= 4 is 22.7 Å². The molecule has 0 bridgehead atoms. The average Bonchev–Trinajstić information content (AvgIpc) is 3.18. The molecular formula is C26H21NO. The molecular weight excluding hydrogens is 342 g/mol. The summed E-state index contributed by atoms with van der Waals surface area (Å²) in [5.41, 5.74) is 6.16. The Hall–Kier alpha value is -3.39. The van der Waals surface area contributed by atoms with Crippen molar-refractivity contribution in [1.29, 1.82) is 0 Å². The second-order valence-corrected chi connectivity index (χ2v) is 7.19. The molecule has 1 aliphatic rings. The maximum Gasteiger partial charge on any atom is 0.119 e. The lowest BCUT2D eigenvalue weighted by Crippen LogP contribution is -1.95. The third-order valence-electron chi connectivity index (χ3n) is 5.34. The first-order chi connectivity index (χ1) is 13.9. The van der Waals surface area contributed by atoms with E-state index in [0.717, 1.165) is 29.8 Å². The van der Waals surface area contributed by atoms with Gasteiger partial charge in [0.1, 0.15) is 12.4 Å². The zero-order valence-electron chi connectivity index (χ0n) is 15.6. The Kier molecular flexibility index (Phi) is 4.38. The van der Waals surface area contributed by atoms with Crippen LogP contribution in [-0.4, -0.2) is 6.21 Å². The normalized spacial score (nSPS) is 12.7. The molecule has 0 saturated heterocycles. The molecule has 136 valence electrons. The number of nitrogens with zero attached hydrogens (tertiary/aromatic N) is 1. The molecule has 0 unspecified atom stereocenters. The summed E-state index contributed by atoms with van der Waals surface area (Å²) in [6.45, 7) is 0.578. The molecule has 2 nitrogen and oxygen atoms in total. The molecule has 0 aliphatic heterocycles. The summed E-state index contributed by atoms with van der Waals surface area (Å²) in [6.07, 6.45) is 4.22. The predicted octanol–water partition coefficient (Wildman–Crippen LogP) is 6.27. The number of rotatable bonds is 5. The predicted molar refractivity (Wildman–Crippen MR) is 116 cm³/mol. The number of benzene rings is 4. The van der Waals surface area contributed by atoms with Gasteiger partial charge in [0.05, 0.1) is 5.69 Å². The second-order valence-electron chi connectivity index (χ2n) is 7.19. The minimum absolute atomic E-state index is 0.578. The van der Waals surface area contributed by atoms with Crippen molar-refractivity contribution in [3.8, 4) is 5.75 Å². The molecule has 0 amide bonds. The number of aliphatic imine (C=N–C) groups is 1. The van der Waals surface area contributed by atoms with E-state index in [9.17, 15) is 0 Å². The fraction of sp³-hybridized carbons (Fsp3) is 0.115. The fourth-order valence-electron chi connectivity index (χ4n) is 3.88. The van der Waals surface area contributed by atoms with Crippen LogP contribution in [0.2, 0.25) is 0 Å². The molecule has 5 rings (SSSR count). The molecule has 0 spiro atoms. The zero-order valence-corrected chi connectivity index (χ0v) is 15.6. The van der Waals surface area contributed by atoms with Crippen LogP contribution < -0.4 is 4.74 Å². The van der Waals surface area contributed by atoms with Gasteiger partial charge in [0.25, 0.3) is 0 Å². The van der Waals surface area contributed by atoms with E-state index in [-0.39, 0.29) is 0 Å². The van der Waals surface area contributed by atoms with Gasteiger partial charge in [-0.3, -0.25) is 4.99 Å². The van der Waals surface area contributed by atoms with Crippen LogP contribution in [0.3, 0.4) is 0 Å². The van der Waals surface area contributed by atoms with E-state index in [2.05, 4.69) is 42.5 Å². The molecule has 4 aromatic rings. The Morgan fingerprint density at radius 3 is 2.36 bits per heavy atom. The number of ether oxygens (including phenoxy) is 1. The average molecular weight is 363 g/mol. The molecule has 0 N–H and O–H groups in total. The maximum atomic E-state index is 5.86. The molecule has 4 aromatic carbocycles. The van der Waals surface area contributed by atoms with E-state index in [1.165, 1.54) is 27.5 Å².